The van der Waals surface area contributed by atoms with Crippen LogP contribution in [-0.2, 0) is 56.8 Å². The molecule has 22 heteroatoms. The summed E-state index contributed by atoms with van der Waals surface area (Å²) in [5.41, 5.74) is 1.93. The Morgan fingerprint density at radius 2 is 0.624 bits per heavy atom. The van der Waals surface area contributed by atoms with Crippen LogP contribution in [0.25, 0.3) is 53.9 Å². The zero-order valence-corrected chi connectivity index (χ0v) is 55.9. The third-order valence-corrected chi connectivity index (χ3v) is 18.8. The van der Waals surface area contributed by atoms with E-state index in [4.69, 9.17) is 39.4 Å². The van der Waals surface area contributed by atoms with Crippen LogP contribution in [0.2, 0.25) is 0 Å². The van der Waals surface area contributed by atoms with Gasteiger partial charge in [-0.15, -0.1) is 0 Å². The highest BCUT2D eigenvalue weighted by molar-refractivity contribution is 14.1. The van der Waals surface area contributed by atoms with Gasteiger partial charge in [0.15, 0.2) is 0 Å². The largest absolute Gasteiger partial charge is 0.394 e. The lowest BCUT2D eigenvalue weighted by atomic mass is 10.1. The van der Waals surface area contributed by atoms with Crippen LogP contribution in [0.4, 0.5) is 0 Å². The molecule has 10 aromatic rings. The molecular weight excluding hydrogens is 1340 g/mol. The first-order valence-corrected chi connectivity index (χ1v) is 37.0. The van der Waals surface area contributed by atoms with Crippen molar-refractivity contribution in [3.05, 3.63) is 211 Å². The lowest BCUT2D eigenvalue weighted by Crippen LogP contribution is -2.14. The number of aliphatic hydroxyl groups is 1. The van der Waals surface area contributed by atoms with Crippen LogP contribution in [0.15, 0.2) is 219 Å². The van der Waals surface area contributed by atoms with Crippen molar-refractivity contribution < 1.29 is 60.1 Å². The molecule has 0 atom stereocenters. The number of aryl methyl sites for hydroxylation is 3. The van der Waals surface area contributed by atoms with Crippen LogP contribution in [0.1, 0.15) is 58.2 Å². The third-order valence-electron chi connectivity index (χ3n) is 11.7. The van der Waals surface area contributed by atoms with E-state index in [1.807, 2.05) is 108 Å². The fraction of sp³-hybridized carbons (Fsp3) is 0.206. The Morgan fingerprint density at radius 3 is 0.976 bits per heavy atom. The van der Waals surface area contributed by atoms with Crippen LogP contribution in [0.3, 0.4) is 0 Å². The van der Waals surface area contributed by atoms with E-state index >= 15 is 0 Å². The molecule has 10 rings (SSSR count). The van der Waals surface area contributed by atoms with Gasteiger partial charge >= 0.3 is 0 Å². The maximum absolute atomic E-state index is 12.3. The lowest BCUT2D eigenvalue weighted by molar-refractivity contribution is 0.216. The molecule has 14 nitrogen and oxygen atoms in total. The molecule has 0 aliphatic heterocycles. The molecule has 0 heterocycles. The van der Waals surface area contributed by atoms with Crippen LogP contribution in [0, 0.1) is 20.8 Å². The van der Waals surface area contributed by atoms with Crippen molar-refractivity contribution in [2.24, 2.45) is 0 Å². The van der Waals surface area contributed by atoms with Gasteiger partial charge in [-0.3, -0.25) is 12.9 Å². The van der Waals surface area contributed by atoms with Crippen molar-refractivity contribution in [2.45, 2.75) is 105 Å². The fourth-order valence-corrected chi connectivity index (χ4v) is 14.9. The molecule has 0 bridgehead atoms. The molecule has 0 aliphatic rings. The molecule has 0 aliphatic carbocycles. The minimum Gasteiger partial charge on any atom is -0.394 e. The van der Waals surface area contributed by atoms with E-state index in [0.717, 1.165) is 26.9 Å². The summed E-state index contributed by atoms with van der Waals surface area (Å²) >= 11 is 2.15. The first-order valence-electron chi connectivity index (χ1n) is 25.9. The molecule has 0 fully saturated rings. The molecule has 10 aromatic carbocycles. The number of alkyl halides is 1. The van der Waals surface area contributed by atoms with E-state index in [0.29, 0.717) is 43.6 Å². The zero-order valence-electron chi connectivity index (χ0n) is 48.2. The van der Waals surface area contributed by atoms with Crippen LogP contribution in [-0.4, -0.2) is 75.0 Å². The number of hydrogen-bond donors (Lipinski definition) is 2. The topological polar surface area (TPSA) is 230 Å². The van der Waals surface area contributed by atoms with Gasteiger partial charge in [0.1, 0.15) is 14.7 Å². The Hall–Kier alpha value is -5.60. The number of halogens is 3. The predicted octanol–water partition coefficient (Wildman–Crippen LogP) is 15.9. The Balaban J connectivity index is 0.000000223. The highest BCUT2D eigenvalue weighted by Gasteiger charge is 2.23. The highest BCUT2D eigenvalue weighted by atomic mass is 127. The molecule has 0 saturated heterocycles. The predicted molar refractivity (Wildman–Crippen MR) is 354 cm³/mol. The molecule has 85 heavy (non-hydrogen) atoms. The first-order chi connectivity index (χ1) is 39.7. The average molecular weight is 1410 g/mol. The van der Waals surface area contributed by atoms with Gasteiger partial charge in [-0.05, 0) is 123 Å². The quantitative estimate of drug-likeness (QED) is 0.0450. The monoisotopic (exact) mass is 1400 g/mol. The number of fused-ring (bicyclic) bond motifs is 5. The van der Waals surface area contributed by atoms with E-state index < -0.39 is 48.5 Å². The molecule has 0 unspecified atom stereocenters. The van der Waals surface area contributed by atoms with Gasteiger partial charge in [0.25, 0.3) is 48.5 Å². The SMILES string of the molecule is CC(C)O.CC(C)OS(=O)(=O)c1cccc2ccccc12.CI.Cc1ccc2ccccc2c1S(=O)(=O)Cl.Cc1ccc2ccccc2c1S(=O)(=O)O.Cc1ccc2ccccc2c1S(=O)(=O)OC(C)C.O=S(=O)(Cl)c1cccc2ccccc12. The molecule has 0 spiro atoms. The van der Waals surface area contributed by atoms with Crippen LogP contribution >= 0.6 is 44.0 Å². The number of rotatable bonds is 9. The Bertz CT molecular complexity index is 4380. The van der Waals surface area contributed by atoms with E-state index in [9.17, 15) is 42.1 Å². The van der Waals surface area contributed by atoms with Gasteiger partial charge < -0.3 is 5.11 Å². The molecular formula is C63H67Cl2IO14S5. The summed E-state index contributed by atoms with van der Waals surface area (Å²) in [5, 5.41) is 15.7. The number of benzene rings is 10. The second-order valence-corrected chi connectivity index (χ2v) is 28.8. The van der Waals surface area contributed by atoms with Crippen molar-refractivity contribution in [1.82, 2.24) is 0 Å². The molecule has 0 aromatic heterocycles. The Labute approximate surface area is 522 Å². The maximum atomic E-state index is 12.3. The Morgan fingerprint density at radius 1 is 0.353 bits per heavy atom. The minimum absolute atomic E-state index is 0.000556. The molecule has 0 radical (unpaired) electrons. The van der Waals surface area contributed by atoms with E-state index in [1.165, 1.54) is 6.07 Å². The fourth-order valence-electron chi connectivity index (χ4n) is 8.48. The lowest BCUT2D eigenvalue weighted by Gasteiger charge is -2.13. The number of aliphatic hydroxyl groups excluding tert-OH is 1. The first kappa shape index (κ1) is 71.9. The van der Waals surface area contributed by atoms with E-state index in [1.54, 1.807) is 147 Å². The summed E-state index contributed by atoms with van der Waals surface area (Å²) in [6.45, 7) is 15.4. The summed E-state index contributed by atoms with van der Waals surface area (Å²) in [6.07, 6.45) is -0.896. The second kappa shape index (κ2) is 31.9. The Kier molecular flexibility index (Phi) is 26.9. The van der Waals surface area contributed by atoms with Crippen molar-refractivity contribution in [3.63, 3.8) is 0 Å². The van der Waals surface area contributed by atoms with Gasteiger partial charge in [0.05, 0.1) is 22.0 Å². The molecule has 0 amide bonds. The van der Waals surface area contributed by atoms with Crippen LogP contribution < -0.4 is 0 Å². The summed E-state index contributed by atoms with van der Waals surface area (Å²) in [4.78, 5) is 2.84. The maximum Gasteiger partial charge on any atom is 0.298 e. The normalized spacial score (nSPS) is 11.6. The molecule has 0 saturated carbocycles. The highest BCUT2D eigenvalue weighted by Crippen LogP contribution is 2.32. The minimum atomic E-state index is -4.16. The van der Waals surface area contributed by atoms with Crippen molar-refractivity contribution in [1.29, 1.82) is 0 Å². The van der Waals surface area contributed by atoms with Gasteiger partial charge in [-0.1, -0.05) is 205 Å². The van der Waals surface area contributed by atoms with Gasteiger partial charge in [-0.25, -0.2) is 16.8 Å². The van der Waals surface area contributed by atoms with Crippen molar-refractivity contribution >= 4 is 146 Å². The average Bonchev–Trinajstić information content (AvgIpc) is 2.33. The smallest absolute Gasteiger partial charge is 0.298 e. The standard InChI is InChI=1S/C14H16O3S.C13H14O3S.C11H9ClO2S.C11H10O3S.C10H7ClO2S.C3H8O.CH3I/c1-10(2)17-18(15,16)14-11(3)8-9-12-6-4-5-7-13(12)14;1-10(2)16-17(14,15)13-9-5-7-11-6-3-4-8-12(11)13;2*1-8-6-7-9-4-2-3-5-10(9)11(8)15(12,13)14;11-14(12,13)10-7-3-5-8-4-1-2-6-9(8)10;1-3(2)4;1-2/h4-10H,1-3H3;3-10H,1-2H3;2-7H,1H3;2-7H,1H3,(H,12,13,14);1-7H;3-4H,1-2H3;1H3. The van der Waals surface area contributed by atoms with Crippen molar-refractivity contribution in [2.75, 3.05) is 4.93 Å². The zero-order chi connectivity index (χ0) is 63.7. The molecule has 2 N–H and O–H groups in total. The summed E-state index contributed by atoms with van der Waals surface area (Å²) in [6, 6.07) is 57.4. The third kappa shape index (κ3) is 20.8. The number of hydrogen-bond acceptors (Lipinski definition) is 13. The van der Waals surface area contributed by atoms with E-state index in [-0.39, 0.29) is 42.8 Å². The molecule has 454 valence electrons. The summed E-state index contributed by atoms with van der Waals surface area (Å²) in [7, 11) is -8.18. The van der Waals surface area contributed by atoms with Gasteiger partial charge in [0, 0.05) is 54.4 Å². The second-order valence-electron chi connectivity index (χ2n) is 19.4. The van der Waals surface area contributed by atoms with Gasteiger partial charge in [0.2, 0.25) is 0 Å². The van der Waals surface area contributed by atoms with E-state index in [2.05, 4.69) is 22.6 Å². The summed E-state index contributed by atoms with van der Waals surface area (Å²) < 4.78 is 136. The van der Waals surface area contributed by atoms with Crippen molar-refractivity contribution in [3.8, 4) is 0 Å². The summed E-state index contributed by atoms with van der Waals surface area (Å²) in [5.74, 6) is 0. The van der Waals surface area contributed by atoms with Crippen LogP contribution in [0.5, 0.6) is 0 Å². The van der Waals surface area contributed by atoms with Gasteiger partial charge in [-0.2, -0.15) is 25.3 Å².